The van der Waals surface area contributed by atoms with E-state index in [1.54, 1.807) is 12.1 Å². The average molecular weight is 306 g/mol. The zero-order valence-electron chi connectivity index (χ0n) is 13.0. The fraction of sp³-hybridized carbons (Fsp3) is 0.158. The van der Waals surface area contributed by atoms with E-state index in [1.807, 2.05) is 55.5 Å². The van der Waals surface area contributed by atoms with Gasteiger partial charge in [0.1, 0.15) is 0 Å². The molecule has 0 radical (unpaired) electrons. The van der Waals surface area contributed by atoms with Crippen LogP contribution in [0.2, 0.25) is 0 Å². The standard InChI is InChI=1S/C19H18N2O2/c1-2-9-16-17(14-10-5-3-6-11-14)20-19(23)21(18(16)22)15-12-7-4-8-13-15/h3-8,10-13H,2,9H2,1H3,(H,20,23). The molecular formula is C19H18N2O2. The van der Waals surface area contributed by atoms with Gasteiger partial charge in [-0.3, -0.25) is 4.79 Å². The number of benzene rings is 2. The van der Waals surface area contributed by atoms with Crippen molar-refractivity contribution in [1.29, 1.82) is 0 Å². The first-order chi connectivity index (χ1) is 11.2. The fourth-order valence-electron chi connectivity index (χ4n) is 2.72. The normalized spacial score (nSPS) is 10.7. The molecule has 0 unspecified atom stereocenters. The third-order valence-electron chi connectivity index (χ3n) is 3.77. The summed E-state index contributed by atoms with van der Waals surface area (Å²) < 4.78 is 1.21. The van der Waals surface area contributed by atoms with Crippen LogP contribution in [0.4, 0.5) is 0 Å². The maximum Gasteiger partial charge on any atom is 0.333 e. The van der Waals surface area contributed by atoms with Gasteiger partial charge in [-0.1, -0.05) is 61.9 Å². The highest BCUT2D eigenvalue weighted by Gasteiger charge is 2.15. The zero-order valence-corrected chi connectivity index (χ0v) is 13.0. The minimum atomic E-state index is -0.417. The second-order valence-corrected chi connectivity index (χ2v) is 5.38. The number of para-hydroxylation sites is 1. The Kier molecular flexibility index (Phi) is 4.24. The lowest BCUT2D eigenvalue weighted by molar-refractivity contribution is 0.816. The zero-order chi connectivity index (χ0) is 16.2. The lowest BCUT2D eigenvalue weighted by atomic mass is 10.0. The van der Waals surface area contributed by atoms with E-state index in [0.29, 0.717) is 23.4 Å². The predicted octanol–water partition coefficient (Wildman–Crippen LogP) is 3.15. The van der Waals surface area contributed by atoms with Crippen LogP contribution in [-0.2, 0) is 6.42 Å². The lowest BCUT2D eigenvalue weighted by Gasteiger charge is -2.12. The molecular weight excluding hydrogens is 288 g/mol. The van der Waals surface area contributed by atoms with E-state index in [9.17, 15) is 9.59 Å². The molecule has 1 aromatic heterocycles. The van der Waals surface area contributed by atoms with Gasteiger partial charge in [-0.15, -0.1) is 0 Å². The van der Waals surface area contributed by atoms with Gasteiger partial charge in [-0.25, -0.2) is 9.36 Å². The van der Waals surface area contributed by atoms with Crippen LogP contribution in [0.15, 0.2) is 70.3 Å². The van der Waals surface area contributed by atoms with Gasteiger partial charge in [0.05, 0.1) is 11.4 Å². The Morgan fingerprint density at radius 1 is 0.913 bits per heavy atom. The van der Waals surface area contributed by atoms with Crippen LogP contribution < -0.4 is 11.2 Å². The summed E-state index contributed by atoms with van der Waals surface area (Å²) in [6.07, 6.45) is 1.45. The van der Waals surface area contributed by atoms with E-state index in [0.717, 1.165) is 12.0 Å². The molecule has 0 spiro atoms. The molecule has 4 nitrogen and oxygen atoms in total. The summed E-state index contributed by atoms with van der Waals surface area (Å²) in [7, 11) is 0. The summed E-state index contributed by atoms with van der Waals surface area (Å²) in [5.41, 5.74) is 2.03. The van der Waals surface area contributed by atoms with Crippen LogP contribution in [0.1, 0.15) is 18.9 Å². The average Bonchev–Trinajstić information content (AvgIpc) is 2.59. The quantitative estimate of drug-likeness (QED) is 0.805. The lowest BCUT2D eigenvalue weighted by Crippen LogP contribution is -2.36. The van der Waals surface area contributed by atoms with Gasteiger partial charge < -0.3 is 4.98 Å². The van der Waals surface area contributed by atoms with E-state index in [2.05, 4.69) is 4.98 Å². The smallest absolute Gasteiger partial charge is 0.306 e. The molecule has 0 aliphatic rings. The van der Waals surface area contributed by atoms with Gasteiger partial charge in [0.2, 0.25) is 0 Å². The Hall–Kier alpha value is -2.88. The molecule has 0 bridgehead atoms. The van der Waals surface area contributed by atoms with Crippen molar-refractivity contribution in [2.75, 3.05) is 0 Å². The summed E-state index contributed by atoms with van der Waals surface area (Å²) in [6, 6.07) is 18.5. The van der Waals surface area contributed by atoms with E-state index >= 15 is 0 Å². The Labute approximate surface area is 134 Å². The minimum absolute atomic E-state index is 0.249. The summed E-state index contributed by atoms with van der Waals surface area (Å²) in [6.45, 7) is 2.02. The first-order valence-electron chi connectivity index (χ1n) is 7.71. The summed E-state index contributed by atoms with van der Waals surface area (Å²) in [4.78, 5) is 28.3. The molecule has 0 fully saturated rings. The third kappa shape index (κ3) is 2.88. The SMILES string of the molecule is CCCc1c(-c2ccccc2)[nH]c(=O)n(-c2ccccc2)c1=O. The maximum absolute atomic E-state index is 12.9. The number of nitrogens with zero attached hydrogens (tertiary/aromatic N) is 1. The molecule has 0 aliphatic heterocycles. The van der Waals surface area contributed by atoms with Crippen molar-refractivity contribution in [3.8, 4) is 16.9 Å². The molecule has 1 N–H and O–H groups in total. The van der Waals surface area contributed by atoms with E-state index in [-0.39, 0.29) is 5.56 Å². The molecule has 0 atom stereocenters. The molecule has 23 heavy (non-hydrogen) atoms. The van der Waals surface area contributed by atoms with Crippen LogP contribution in [-0.4, -0.2) is 9.55 Å². The molecule has 3 aromatic rings. The van der Waals surface area contributed by atoms with Crippen LogP contribution in [0, 0.1) is 0 Å². The van der Waals surface area contributed by atoms with Gasteiger partial charge >= 0.3 is 5.69 Å². The third-order valence-corrected chi connectivity index (χ3v) is 3.77. The maximum atomic E-state index is 12.9. The van der Waals surface area contributed by atoms with Crippen molar-refractivity contribution in [3.63, 3.8) is 0 Å². The van der Waals surface area contributed by atoms with Crippen molar-refractivity contribution >= 4 is 0 Å². The molecule has 0 saturated heterocycles. The van der Waals surface area contributed by atoms with Crippen LogP contribution in [0.5, 0.6) is 0 Å². The highest BCUT2D eigenvalue weighted by molar-refractivity contribution is 5.62. The highest BCUT2D eigenvalue weighted by atomic mass is 16.2. The van der Waals surface area contributed by atoms with E-state index < -0.39 is 5.69 Å². The molecule has 0 aliphatic carbocycles. The van der Waals surface area contributed by atoms with Gasteiger partial charge in [0.15, 0.2) is 0 Å². The van der Waals surface area contributed by atoms with Gasteiger partial charge in [0, 0.05) is 5.56 Å². The highest BCUT2D eigenvalue weighted by Crippen LogP contribution is 2.19. The Bertz CT molecular complexity index is 910. The Morgan fingerprint density at radius 2 is 1.52 bits per heavy atom. The van der Waals surface area contributed by atoms with Gasteiger partial charge in [-0.05, 0) is 24.1 Å². The molecule has 1 heterocycles. The number of hydrogen-bond acceptors (Lipinski definition) is 2. The topological polar surface area (TPSA) is 54.9 Å². The number of rotatable bonds is 4. The summed E-state index contributed by atoms with van der Waals surface area (Å²) in [5.74, 6) is 0. The number of H-pyrrole nitrogens is 1. The van der Waals surface area contributed by atoms with E-state index in [4.69, 9.17) is 0 Å². The second kappa shape index (κ2) is 6.48. The Balaban J connectivity index is 2.30. The monoisotopic (exact) mass is 306 g/mol. The van der Waals surface area contributed by atoms with E-state index in [1.165, 1.54) is 4.57 Å². The number of nitrogens with one attached hydrogen (secondary N) is 1. The predicted molar refractivity (Wildman–Crippen MR) is 92.1 cm³/mol. The van der Waals surface area contributed by atoms with Crippen molar-refractivity contribution in [2.45, 2.75) is 19.8 Å². The number of aromatic amines is 1. The summed E-state index contributed by atoms with van der Waals surface area (Å²) in [5, 5.41) is 0. The molecule has 0 saturated carbocycles. The van der Waals surface area contributed by atoms with Crippen molar-refractivity contribution in [2.24, 2.45) is 0 Å². The van der Waals surface area contributed by atoms with Crippen molar-refractivity contribution < 1.29 is 0 Å². The number of aromatic nitrogens is 2. The van der Waals surface area contributed by atoms with Crippen molar-refractivity contribution in [1.82, 2.24) is 9.55 Å². The first-order valence-corrected chi connectivity index (χ1v) is 7.71. The first kappa shape index (κ1) is 15.0. The summed E-state index contributed by atoms with van der Waals surface area (Å²) >= 11 is 0. The van der Waals surface area contributed by atoms with Crippen LogP contribution in [0.3, 0.4) is 0 Å². The van der Waals surface area contributed by atoms with Crippen LogP contribution in [0.25, 0.3) is 16.9 Å². The van der Waals surface area contributed by atoms with Crippen LogP contribution >= 0.6 is 0 Å². The van der Waals surface area contributed by atoms with Gasteiger partial charge in [0.25, 0.3) is 5.56 Å². The van der Waals surface area contributed by atoms with Crippen molar-refractivity contribution in [3.05, 3.63) is 87.1 Å². The Morgan fingerprint density at radius 3 is 2.13 bits per heavy atom. The largest absolute Gasteiger partial charge is 0.333 e. The fourth-order valence-corrected chi connectivity index (χ4v) is 2.72. The molecule has 3 rings (SSSR count). The molecule has 4 heteroatoms. The molecule has 2 aromatic carbocycles. The number of hydrogen-bond donors (Lipinski definition) is 1. The molecule has 0 amide bonds. The van der Waals surface area contributed by atoms with Gasteiger partial charge in [-0.2, -0.15) is 0 Å². The second-order valence-electron chi connectivity index (χ2n) is 5.38. The minimum Gasteiger partial charge on any atom is -0.306 e. The molecule has 116 valence electrons.